The quantitative estimate of drug-likeness (QED) is 0.105. The molecule has 3 aromatic carbocycles. The summed E-state index contributed by atoms with van der Waals surface area (Å²) in [7, 11) is 1.44. The van der Waals surface area contributed by atoms with Crippen LogP contribution in [0.5, 0.6) is 17.2 Å². The number of carbonyl (C=O) groups is 3. The molecule has 0 fully saturated rings. The van der Waals surface area contributed by atoms with Gasteiger partial charge in [0.1, 0.15) is 5.75 Å². The van der Waals surface area contributed by atoms with Gasteiger partial charge in [-0.15, -0.1) is 0 Å². The molecule has 0 aliphatic rings. The number of hydrogen-bond donors (Lipinski definition) is 2. The van der Waals surface area contributed by atoms with Crippen LogP contribution >= 0.6 is 0 Å². The van der Waals surface area contributed by atoms with Crippen molar-refractivity contribution in [2.45, 2.75) is 26.7 Å². The molecule has 0 spiro atoms. The SMILES string of the molecule is CCCCOc1ccc(C(=O)Oc2ccc(C=NNC(=O)C(=O)Nc3cccc(C)c3)cc2OC)cc1. The fourth-order valence-corrected chi connectivity index (χ4v) is 3.16. The van der Waals surface area contributed by atoms with E-state index in [4.69, 9.17) is 14.2 Å². The van der Waals surface area contributed by atoms with E-state index >= 15 is 0 Å². The second-order valence-corrected chi connectivity index (χ2v) is 8.05. The second-order valence-electron chi connectivity index (χ2n) is 8.05. The molecule has 0 saturated carbocycles. The van der Waals surface area contributed by atoms with Gasteiger partial charge in [0.15, 0.2) is 11.5 Å². The van der Waals surface area contributed by atoms with Crippen LogP contribution in [0.15, 0.2) is 71.8 Å². The van der Waals surface area contributed by atoms with Crippen molar-refractivity contribution in [1.82, 2.24) is 5.43 Å². The molecule has 0 aliphatic heterocycles. The van der Waals surface area contributed by atoms with Gasteiger partial charge in [0.05, 0.1) is 25.5 Å². The number of hydrogen-bond acceptors (Lipinski definition) is 7. The first kappa shape index (κ1) is 26.9. The lowest BCUT2D eigenvalue weighted by molar-refractivity contribution is -0.136. The van der Waals surface area contributed by atoms with Crippen LogP contribution in [0.25, 0.3) is 0 Å². The van der Waals surface area contributed by atoms with Crippen LogP contribution in [0.2, 0.25) is 0 Å². The molecule has 37 heavy (non-hydrogen) atoms. The number of hydrazone groups is 1. The van der Waals surface area contributed by atoms with Crippen molar-refractivity contribution in [2.24, 2.45) is 5.10 Å². The zero-order valence-corrected chi connectivity index (χ0v) is 20.9. The number of unbranched alkanes of at least 4 members (excludes halogenated alkanes) is 1. The summed E-state index contributed by atoms with van der Waals surface area (Å²) in [6, 6.07) is 18.5. The molecule has 0 saturated heterocycles. The molecule has 3 rings (SSSR count). The predicted molar refractivity (Wildman–Crippen MR) is 140 cm³/mol. The molecule has 0 atom stereocenters. The van der Waals surface area contributed by atoms with Crippen molar-refractivity contribution >= 4 is 29.7 Å². The Hall–Kier alpha value is -4.66. The Kier molecular flexibility index (Phi) is 9.78. The molecule has 9 heteroatoms. The second kappa shape index (κ2) is 13.4. The number of methoxy groups -OCH3 is 1. The van der Waals surface area contributed by atoms with Crippen molar-refractivity contribution in [2.75, 3.05) is 19.0 Å². The molecular weight excluding hydrogens is 474 g/mol. The van der Waals surface area contributed by atoms with Crippen LogP contribution in [0.4, 0.5) is 5.69 Å². The number of esters is 1. The number of carbonyl (C=O) groups excluding carboxylic acids is 3. The number of aryl methyl sites for hydroxylation is 1. The highest BCUT2D eigenvalue weighted by Gasteiger charge is 2.14. The average molecular weight is 504 g/mol. The monoisotopic (exact) mass is 503 g/mol. The molecule has 0 unspecified atom stereocenters. The third-order valence-corrected chi connectivity index (χ3v) is 5.11. The topological polar surface area (TPSA) is 115 Å². The molecule has 0 heterocycles. The summed E-state index contributed by atoms with van der Waals surface area (Å²) < 4.78 is 16.4. The minimum Gasteiger partial charge on any atom is -0.494 e. The van der Waals surface area contributed by atoms with Gasteiger partial charge in [-0.2, -0.15) is 5.10 Å². The fraction of sp³-hybridized carbons (Fsp3) is 0.214. The van der Waals surface area contributed by atoms with Gasteiger partial charge in [-0.1, -0.05) is 25.5 Å². The predicted octanol–water partition coefficient (Wildman–Crippen LogP) is 4.49. The lowest BCUT2D eigenvalue weighted by Gasteiger charge is -2.10. The van der Waals surface area contributed by atoms with Gasteiger partial charge >= 0.3 is 17.8 Å². The van der Waals surface area contributed by atoms with Crippen molar-refractivity contribution in [3.63, 3.8) is 0 Å². The number of nitrogens with zero attached hydrogens (tertiary/aromatic N) is 1. The van der Waals surface area contributed by atoms with Crippen LogP contribution in [0.1, 0.15) is 41.3 Å². The van der Waals surface area contributed by atoms with Crippen molar-refractivity contribution in [3.8, 4) is 17.2 Å². The van der Waals surface area contributed by atoms with Crippen LogP contribution in [0.3, 0.4) is 0 Å². The normalized spacial score (nSPS) is 10.6. The summed E-state index contributed by atoms with van der Waals surface area (Å²) in [6.07, 6.45) is 3.33. The summed E-state index contributed by atoms with van der Waals surface area (Å²) in [5, 5.41) is 6.31. The standard InChI is InChI=1S/C28H29N3O6/c1-4-5-15-36-23-12-10-21(11-13-23)28(34)37-24-14-9-20(17-25(24)35-3)18-29-31-27(33)26(32)30-22-8-6-7-19(2)16-22/h6-14,16-18H,4-5,15H2,1-3H3,(H,30,32)(H,31,33). The molecule has 0 bridgehead atoms. The summed E-state index contributed by atoms with van der Waals surface area (Å²) in [6.45, 7) is 4.59. The first-order valence-electron chi connectivity index (χ1n) is 11.7. The molecule has 9 nitrogen and oxygen atoms in total. The molecule has 0 aromatic heterocycles. The third kappa shape index (κ3) is 8.21. The molecular formula is C28H29N3O6. The number of nitrogens with one attached hydrogen (secondary N) is 2. The highest BCUT2D eigenvalue weighted by atomic mass is 16.6. The number of ether oxygens (including phenoxy) is 3. The third-order valence-electron chi connectivity index (χ3n) is 5.11. The van der Waals surface area contributed by atoms with Crippen LogP contribution in [-0.4, -0.2) is 37.7 Å². The van der Waals surface area contributed by atoms with E-state index < -0.39 is 17.8 Å². The Balaban J connectivity index is 1.56. The fourth-order valence-electron chi connectivity index (χ4n) is 3.16. The van der Waals surface area contributed by atoms with Gasteiger partial charge in [0, 0.05) is 5.69 Å². The van der Waals surface area contributed by atoms with Crippen LogP contribution < -0.4 is 25.0 Å². The van der Waals surface area contributed by atoms with E-state index in [1.54, 1.807) is 60.7 Å². The summed E-state index contributed by atoms with van der Waals surface area (Å²) in [5.41, 5.74) is 4.54. The molecule has 2 N–H and O–H groups in total. The van der Waals surface area contributed by atoms with Crippen molar-refractivity contribution in [3.05, 3.63) is 83.4 Å². The maximum atomic E-state index is 12.6. The van der Waals surface area contributed by atoms with Crippen molar-refractivity contribution in [1.29, 1.82) is 0 Å². The van der Waals surface area contributed by atoms with E-state index in [0.29, 0.717) is 34.9 Å². The maximum absolute atomic E-state index is 12.6. The largest absolute Gasteiger partial charge is 0.494 e. The number of anilines is 1. The summed E-state index contributed by atoms with van der Waals surface area (Å²) in [5.74, 6) is -1.12. The number of rotatable bonds is 10. The maximum Gasteiger partial charge on any atom is 0.343 e. The molecule has 2 amide bonds. The molecule has 3 aromatic rings. The summed E-state index contributed by atoms with van der Waals surface area (Å²) in [4.78, 5) is 36.6. The Morgan fingerprint density at radius 2 is 1.73 bits per heavy atom. The number of amides is 2. The summed E-state index contributed by atoms with van der Waals surface area (Å²) >= 11 is 0. The minimum atomic E-state index is -0.919. The van der Waals surface area contributed by atoms with E-state index in [9.17, 15) is 14.4 Å². The van der Waals surface area contributed by atoms with Gasteiger partial charge in [0.2, 0.25) is 0 Å². The van der Waals surface area contributed by atoms with E-state index in [2.05, 4.69) is 22.8 Å². The Bertz CT molecular complexity index is 1270. The zero-order valence-electron chi connectivity index (χ0n) is 20.9. The lowest BCUT2D eigenvalue weighted by Crippen LogP contribution is -2.32. The number of benzene rings is 3. The Morgan fingerprint density at radius 3 is 2.43 bits per heavy atom. The average Bonchev–Trinajstić information content (AvgIpc) is 2.89. The van der Waals surface area contributed by atoms with Crippen LogP contribution in [0, 0.1) is 6.92 Å². The highest BCUT2D eigenvalue weighted by Crippen LogP contribution is 2.28. The van der Waals surface area contributed by atoms with E-state index in [-0.39, 0.29) is 5.75 Å². The van der Waals surface area contributed by atoms with E-state index in [1.165, 1.54) is 13.3 Å². The molecule has 0 aliphatic carbocycles. The minimum absolute atomic E-state index is 0.217. The molecule has 192 valence electrons. The smallest absolute Gasteiger partial charge is 0.343 e. The van der Waals surface area contributed by atoms with Gasteiger partial charge < -0.3 is 19.5 Å². The van der Waals surface area contributed by atoms with E-state index in [1.807, 2.05) is 13.0 Å². The van der Waals surface area contributed by atoms with Crippen LogP contribution in [-0.2, 0) is 9.59 Å². The first-order chi connectivity index (χ1) is 17.9. The Labute approximate surface area is 215 Å². The van der Waals surface area contributed by atoms with Gasteiger partial charge in [-0.3, -0.25) is 9.59 Å². The first-order valence-corrected chi connectivity index (χ1v) is 11.7. The van der Waals surface area contributed by atoms with Crippen molar-refractivity contribution < 1.29 is 28.6 Å². The highest BCUT2D eigenvalue weighted by molar-refractivity contribution is 6.39. The van der Waals surface area contributed by atoms with Gasteiger partial charge in [-0.05, 0) is 79.1 Å². The zero-order chi connectivity index (χ0) is 26.6. The Morgan fingerprint density at radius 1 is 0.946 bits per heavy atom. The van der Waals surface area contributed by atoms with Gasteiger partial charge in [-0.25, -0.2) is 10.2 Å². The van der Waals surface area contributed by atoms with E-state index in [0.717, 1.165) is 18.4 Å². The molecule has 0 radical (unpaired) electrons. The lowest BCUT2D eigenvalue weighted by atomic mass is 10.2. The van der Waals surface area contributed by atoms with Gasteiger partial charge in [0.25, 0.3) is 0 Å².